The Morgan fingerprint density at radius 3 is 1.36 bits per heavy atom. The summed E-state index contributed by atoms with van der Waals surface area (Å²) in [7, 11) is 0.818. The Morgan fingerprint density at radius 1 is 1.00 bits per heavy atom. The molecule has 7 nitrogen and oxygen atoms in total. The van der Waals surface area contributed by atoms with Gasteiger partial charge < -0.3 is 15.3 Å². The first kappa shape index (κ1) is 12.4. The van der Waals surface area contributed by atoms with Crippen molar-refractivity contribution in [1.29, 1.82) is 0 Å². The van der Waals surface area contributed by atoms with Gasteiger partial charge >= 0.3 is 18.2 Å². The molecule has 3 N–H and O–H groups in total. The van der Waals surface area contributed by atoms with E-state index in [1.54, 1.807) is 0 Å². The molecule has 0 aromatic heterocycles. The monoisotopic (exact) mass is 206 g/mol. The second-order valence-electron chi connectivity index (χ2n) is 3.44. The molecule has 0 rings (SSSR count). The first-order chi connectivity index (χ1) is 6.08. The maximum absolute atomic E-state index is 10.7. The number of aliphatic carboxylic acids is 1. The van der Waals surface area contributed by atoms with Gasteiger partial charge in [0, 0.05) is 13.8 Å². The normalized spacial score (nSPS) is 12.2. The summed E-state index contributed by atoms with van der Waals surface area (Å²) < 4.78 is -1.62. The number of likely N-dealkylation sites (N-methyl/N-ethyl adjacent to an activating group) is 1. The Hall–Kier alpha value is -1.63. The predicted octanol–water partition coefficient (Wildman–Crippen LogP) is 0.652. The van der Waals surface area contributed by atoms with Crippen molar-refractivity contribution in [2.75, 3.05) is 7.05 Å². The number of nitrogens with zero attached hydrogens (tertiary/aromatic N) is 1. The van der Waals surface area contributed by atoms with Gasteiger partial charge in [-0.3, -0.25) is 0 Å². The van der Waals surface area contributed by atoms with Crippen LogP contribution in [0.4, 0.5) is 9.59 Å². The van der Waals surface area contributed by atoms with Crippen molar-refractivity contribution < 1.29 is 34.2 Å². The largest absolute Gasteiger partial charge is 0.524 e. The Labute approximate surface area is 79.8 Å². The number of imide groups is 1. The molecular weight excluding hydrogens is 194 g/mol. The molecule has 0 unspecified atom stereocenters. The van der Waals surface area contributed by atoms with E-state index in [1.165, 1.54) is 0 Å². The smallest absolute Gasteiger partial charge is 0.477 e. The van der Waals surface area contributed by atoms with E-state index in [-0.39, 0.29) is 0 Å². The minimum absolute atomic E-state index is 0.818. The Bertz CT molecular complexity index is 281. The van der Waals surface area contributed by atoms with Crippen LogP contribution in [0.15, 0.2) is 0 Å². The van der Waals surface area contributed by atoms with Crippen LogP contribution in [0, 0.1) is 0 Å². The summed E-state index contributed by atoms with van der Waals surface area (Å²) in [4.78, 5) is 32.2. The molecule has 2 amide bonds. The van der Waals surface area contributed by atoms with Crippen molar-refractivity contribution in [3.63, 3.8) is 0 Å². The number of quaternary nitrogens is 1. The van der Waals surface area contributed by atoms with Crippen LogP contribution in [0.3, 0.4) is 0 Å². The fourth-order valence-electron chi connectivity index (χ4n) is 0.751. The fourth-order valence-corrected chi connectivity index (χ4v) is 0.751. The summed E-state index contributed by atoms with van der Waals surface area (Å²) >= 11 is 0. The van der Waals surface area contributed by atoms with E-state index in [0.29, 0.717) is 0 Å². The number of carboxylic acid groups (broad SMARTS) is 3. The second kappa shape index (κ2) is 3.26. The molecule has 0 radical (unpaired) electrons. The standard InChI is InChI=1S/C7H11NO6/c1-7(2,4(9)10)8(3,5(11)12)6(13)14/h1-3H3,(H2-,9,10,11,12,13,14)/p+1. The third-order valence-electron chi connectivity index (χ3n) is 2.41. The first-order valence-corrected chi connectivity index (χ1v) is 3.65. The van der Waals surface area contributed by atoms with E-state index in [0.717, 1.165) is 20.9 Å². The molecule has 0 aliphatic heterocycles. The maximum Gasteiger partial charge on any atom is 0.524 e. The summed E-state index contributed by atoms with van der Waals surface area (Å²) in [6.45, 7) is 2.08. The van der Waals surface area contributed by atoms with Gasteiger partial charge in [0.05, 0.1) is 7.05 Å². The predicted molar refractivity (Wildman–Crippen MR) is 43.9 cm³/mol. The molecule has 0 saturated carbocycles. The SMILES string of the molecule is CC(C)(C(=O)O)[N+](C)(C(=O)O)C(=O)O. The zero-order valence-corrected chi connectivity index (χ0v) is 8.01. The Morgan fingerprint density at radius 2 is 1.29 bits per heavy atom. The fraction of sp³-hybridized carbons (Fsp3) is 0.571. The maximum atomic E-state index is 10.7. The molecular formula is C7H12NO6+. The van der Waals surface area contributed by atoms with Crippen LogP contribution < -0.4 is 0 Å². The summed E-state index contributed by atoms with van der Waals surface area (Å²) in [5.74, 6) is -1.50. The van der Waals surface area contributed by atoms with Crippen LogP contribution in [0.5, 0.6) is 0 Å². The molecule has 0 atom stereocenters. The van der Waals surface area contributed by atoms with Gasteiger partial charge in [-0.25, -0.2) is 4.79 Å². The topological polar surface area (TPSA) is 112 Å². The van der Waals surface area contributed by atoms with Gasteiger partial charge in [0.25, 0.3) is 0 Å². The molecule has 0 heterocycles. The van der Waals surface area contributed by atoms with Gasteiger partial charge in [-0.05, 0) is 0 Å². The average molecular weight is 206 g/mol. The molecule has 0 fully saturated rings. The summed E-state index contributed by atoms with van der Waals surface area (Å²) in [6, 6.07) is 0. The molecule has 0 aromatic carbocycles. The Balaban J connectivity index is 5.55. The van der Waals surface area contributed by atoms with Gasteiger partial charge in [0.15, 0.2) is 0 Å². The first-order valence-electron chi connectivity index (χ1n) is 3.65. The average Bonchev–Trinajstić information content (AvgIpc) is 2.01. The zero-order chi connectivity index (χ0) is 11.7. The van der Waals surface area contributed by atoms with Crippen molar-refractivity contribution in [2.45, 2.75) is 19.4 Å². The van der Waals surface area contributed by atoms with Crippen LogP contribution >= 0.6 is 0 Å². The van der Waals surface area contributed by atoms with Crippen LogP contribution in [-0.2, 0) is 4.79 Å². The number of hydrogen-bond acceptors (Lipinski definition) is 3. The van der Waals surface area contributed by atoms with E-state index < -0.39 is 28.2 Å². The van der Waals surface area contributed by atoms with E-state index >= 15 is 0 Å². The molecule has 0 aromatic rings. The molecule has 0 aliphatic carbocycles. The third-order valence-corrected chi connectivity index (χ3v) is 2.41. The van der Waals surface area contributed by atoms with Gasteiger partial charge in [-0.2, -0.15) is 9.59 Å². The van der Waals surface area contributed by atoms with E-state index in [4.69, 9.17) is 15.3 Å². The second-order valence-corrected chi connectivity index (χ2v) is 3.44. The van der Waals surface area contributed by atoms with Crippen LogP contribution in [0.1, 0.15) is 13.8 Å². The lowest BCUT2D eigenvalue weighted by Gasteiger charge is -2.33. The molecule has 0 spiro atoms. The quantitative estimate of drug-likeness (QED) is 0.572. The van der Waals surface area contributed by atoms with E-state index in [2.05, 4.69) is 0 Å². The molecule has 14 heavy (non-hydrogen) atoms. The van der Waals surface area contributed by atoms with Crippen LogP contribution in [0.25, 0.3) is 0 Å². The van der Waals surface area contributed by atoms with Crippen molar-refractivity contribution in [2.24, 2.45) is 0 Å². The van der Waals surface area contributed by atoms with Gasteiger partial charge in [-0.1, -0.05) is 0 Å². The van der Waals surface area contributed by atoms with Crippen molar-refractivity contribution in [3.8, 4) is 0 Å². The molecule has 0 saturated heterocycles. The number of hydrogen-bond donors (Lipinski definition) is 3. The zero-order valence-electron chi connectivity index (χ0n) is 8.01. The number of carbonyl (C=O) groups is 3. The van der Waals surface area contributed by atoms with Crippen molar-refractivity contribution in [3.05, 3.63) is 0 Å². The lowest BCUT2D eigenvalue weighted by molar-refractivity contribution is -0.806. The minimum atomic E-state index is -1.95. The Kier molecular flexibility index (Phi) is 2.88. The van der Waals surface area contributed by atoms with Gasteiger partial charge in [0.2, 0.25) is 5.54 Å². The highest BCUT2D eigenvalue weighted by atomic mass is 16.5. The number of carboxylic acids is 1. The van der Waals surface area contributed by atoms with Crippen LogP contribution in [-0.4, -0.2) is 50.5 Å². The summed E-state index contributed by atoms with van der Waals surface area (Å²) in [5.41, 5.74) is -1.95. The molecule has 80 valence electrons. The van der Waals surface area contributed by atoms with Crippen LogP contribution in [0.2, 0.25) is 0 Å². The number of amides is 2. The van der Waals surface area contributed by atoms with Crippen molar-refractivity contribution in [1.82, 2.24) is 0 Å². The third kappa shape index (κ3) is 1.41. The molecule has 0 bridgehead atoms. The highest BCUT2D eigenvalue weighted by Crippen LogP contribution is 2.23. The minimum Gasteiger partial charge on any atom is -0.477 e. The highest BCUT2D eigenvalue weighted by Gasteiger charge is 2.59. The molecule has 0 aliphatic rings. The summed E-state index contributed by atoms with van der Waals surface area (Å²) in [6.07, 6.45) is -3.46. The molecule has 7 heteroatoms. The van der Waals surface area contributed by atoms with Gasteiger partial charge in [-0.15, -0.1) is 4.48 Å². The number of rotatable bonds is 2. The van der Waals surface area contributed by atoms with Crippen molar-refractivity contribution >= 4 is 18.2 Å². The van der Waals surface area contributed by atoms with E-state index in [9.17, 15) is 14.4 Å². The lowest BCUT2D eigenvalue weighted by Crippen LogP contribution is -2.67. The lowest BCUT2D eigenvalue weighted by atomic mass is 10.0. The highest BCUT2D eigenvalue weighted by molar-refractivity contribution is 5.84. The van der Waals surface area contributed by atoms with E-state index in [1.807, 2.05) is 0 Å². The summed E-state index contributed by atoms with van der Waals surface area (Å²) in [5, 5.41) is 26.2. The van der Waals surface area contributed by atoms with Gasteiger partial charge in [0.1, 0.15) is 0 Å².